The molecule has 0 spiro atoms. The lowest BCUT2D eigenvalue weighted by Gasteiger charge is -2.37. The summed E-state index contributed by atoms with van der Waals surface area (Å²) in [5.41, 5.74) is 2.05. The van der Waals surface area contributed by atoms with Gasteiger partial charge in [-0.25, -0.2) is 0 Å². The molecule has 1 amide bonds. The maximum atomic E-state index is 12.5. The molecule has 2 rings (SSSR count). The van der Waals surface area contributed by atoms with Gasteiger partial charge in [-0.05, 0) is 24.8 Å². The second-order valence-corrected chi connectivity index (χ2v) is 7.62. The zero-order valence-electron chi connectivity index (χ0n) is 11.7. The van der Waals surface area contributed by atoms with E-state index < -0.39 is 9.70 Å². The first-order chi connectivity index (χ1) is 9.89. The molecule has 21 heavy (non-hydrogen) atoms. The number of rotatable bonds is 3. The fourth-order valence-corrected chi connectivity index (χ4v) is 3.03. The summed E-state index contributed by atoms with van der Waals surface area (Å²) in [6.45, 7) is 4.53. The molecule has 1 atom stereocenters. The van der Waals surface area contributed by atoms with Gasteiger partial charge in [-0.2, -0.15) is 0 Å². The average Bonchev–Trinajstić information content (AvgIpc) is 2.45. The predicted octanol–water partition coefficient (Wildman–Crippen LogP) is 4.88. The van der Waals surface area contributed by atoms with Gasteiger partial charge in [-0.1, -0.05) is 83.7 Å². The van der Waals surface area contributed by atoms with Gasteiger partial charge in [0.2, 0.25) is 0 Å². The van der Waals surface area contributed by atoms with E-state index in [0.29, 0.717) is 6.54 Å². The molecular formula is C16H18Cl3NO. The molecular weight excluding hydrogens is 329 g/mol. The Morgan fingerprint density at radius 3 is 2.48 bits per heavy atom. The van der Waals surface area contributed by atoms with E-state index in [2.05, 4.69) is 6.58 Å². The maximum absolute atomic E-state index is 12.5. The average molecular weight is 347 g/mol. The number of benzene rings is 1. The second-order valence-electron chi connectivity index (χ2n) is 5.34. The van der Waals surface area contributed by atoms with E-state index in [4.69, 9.17) is 34.8 Å². The third kappa shape index (κ3) is 4.38. The topological polar surface area (TPSA) is 20.3 Å². The summed E-state index contributed by atoms with van der Waals surface area (Å²) in [5, 5.41) is 0. The summed E-state index contributed by atoms with van der Waals surface area (Å²) in [7, 11) is 0. The Kier molecular flexibility index (Phi) is 5.59. The smallest absolute Gasteiger partial charge is 0.275 e. The lowest BCUT2D eigenvalue weighted by Crippen LogP contribution is -2.47. The summed E-state index contributed by atoms with van der Waals surface area (Å²) >= 11 is 17.5. The van der Waals surface area contributed by atoms with Crippen molar-refractivity contribution in [3.8, 4) is 0 Å². The lowest BCUT2D eigenvalue weighted by molar-refractivity contribution is -0.132. The summed E-state index contributed by atoms with van der Waals surface area (Å²) in [4.78, 5) is 14.2. The highest BCUT2D eigenvalue weighted by Crippen LogP contribution is 2.34. The van der Waals surface area contributed by atoms with Crippen LogP contribution in [0.5, 0.6) is 0 Å². The maximum Gasteiger partial charge on any atom is 0.275 e. The minimum absolute atomic E-state index is 0.0536. The van der Waals surface area contributed by atoms with Crippen molar-refractivity contribution in [1.29, 1.82) is 0 Å². The molecule has 114 valence electrons. The van der Waals surface area contributed by atoms with Crippen LogP contribution < -0.4 is 0 Å². The van der Waals surface area contributed by atoms with Crippen LogP contribution in [0, 0.1) is 0 Å². The van der Waals surface area contributed by atoms with E-state index in [1.54, 1.807) is 4.90 Å². The SMILES string of the molecule is C=C1CCCCC1N(Cc1ccccc1)C(=O)C(Cl)(Cl)Cl. The van der Waals surface area contributed by atoms with Crippen molar-refractivity contribution in [3.05, 3.63) is 48.0 Å². The van der Waals surface area contributed by atoms with Gasteiger partial charge in [0.1, 0.15) is 0 Å². The molecule has 1 aliphatic rings. The third-order valence-electron chi connectivity index (χ3n) is 3.77. The molecule has 0 bridgehead atoms. The first kappa shape index (κ1) is 16.7. The highest BCUT2D eigenvalue weighted by molar-refractivity contribution is 6.76. The van der Waals surface area contributed by atoms with E-state index in [1.807, 2.05) is 30.3 Å². The minimum Gasteiger partial charge on any atom is -0.328 e. The molecule has 0 aromatic heterocycles. The molecule has 5 heteroatoms. The van der Waals surface area contributed by atoms with E-state index in [9.17, 15) is 4.79 Å². The number of hydrogen-bond acceptors (Lipinski definition) is 1. The number of carbonyl (C=O) groups is 1. The Hall–Kier alpha value is -0.700. The van der Waals surface area contributed by atoms with Gasteiger partial charge in [0.25, 0.3) is 9.70 Å². The van der Waals surface area contributed by atoms with Crippen molar-refractivity contribution in [2.45, 2.75) is 42.1 Å². The Morgan fingerprint density at radius 2 is 1.90 bits per heavy atom. The fourth-order valence-electron chi connectivity index (χ4n) is 2.70. The molecule has 0 aliphatic heterocycles. The number of amides is 1. The summed E-state index contributed by atoms with van der Waals surface area (Å²) in [6.07, 6.45) is 3.96. The van der Waals surface area contributed by atoms with Crippen molar-refractivity contribution < 1.29 is 4.79 Å². The number of halogens is 3. The third-order valence-corrected chi connectivity index (χ3v) is 4.26. The molecule has 1 aliphatic carbocycles. The van der Waals surface area contributed by atoms with E-state index in [0.717, 1.165) is 36.8 Å². The van der Waals surface area contributed by atoms with Crippen LogP contribution in [0.3, 0.4) is 0 Å². The van der Waals surface area contributed by atoms with Crippen molar-refractivity contribution in [2.75, 3.05) is 0 Å². The quantitative estimate of drug-likeness (QED) is 0.564. The first-order valence-electron chi connectivity index (χ1n) is 6.99. The van der Waals surface area contributed by atoms with Gasteiger partial charge >= 0.3 is 0 Å². The molecule has 1 unspecified atom stereocenters. The molecule has 0 saturated heterocycles. The van der Waals surface area contributed by atoms with Crippen LogP contribution in [0.15, 0.2) is 42.5 Å². The molecule has 0 radical (unpaired) electrons. The van der Waals surface area contributed by atoms with Crippen LogP contribution in [0.1, 0.15) is 31.2 Å². The molecule has 0 N–H and O–H groups in total. The standard InChI is InChI=1S/C16H18Cl3NO/c1-12-7-5-6-10-14(12)20(15(21)16(17,18)19)11-13-8-3-2-4-9-13/h2-4,8-9,14H,1,5-7,10-11H2. The highest BCUT2D eigenvalue weighted by atomic mass is 35.6. The Labute approximate surface area is 140 Å². The van der Waals surface area contributed by atoms with Crippen LogP contribution in [0.2, 0.25) is 0 Å². The number of hydrogen-bond donors (Lipinski definition) is 0. The van der Waals surface area contributed by atoms with Crippen LogP contribution in [0.25, 0.3) is 0 Å². The Balaban J connectivity index is 2.25. The number of carbonyl (C=O) groups excluding carboxylic acids is 1. The molecule has 1 saturated carbocycles. The largest absolute Gasteiger partial charge is 0.328 e. The van der Waals surface area contributed by atoms with Crippen LogP contribution >= 0.6 is 34.8 Å². The zero-order chi connectivity index (χ0) is 15.5. The predicted molar refractivity (Wildman–Crippen MR) is 88.7 cm³/mol. The number of alkyl halides is 3. The van der Waals surface area contributed by atoms with Gasteiger partial charge < -0.3 is 4.90 Å². The van der Waals surface area contributed by atoms with Crippen molar-refractivity contribution >= 4 is 40.7 Å². The molecule has 1 aromatic carbocycles. The monoisotopic (exact) mass is 345 g/mol. The van der Waals surface area contributed by atoms with Gasteiger partial charge in [0, 0.05) is 6.54 Å². The Morgan fingerprint density at radius 1 is 1.24 bits per heavy atom. The first-order valence-corrected chi connectivity index (χ1v) is 8.12. The van der Waals surface area contributed by atoms with Crippen molar-refractivity contribution in [2.24, 2.45) is 0 Å². The van der Waals surface area contributed by atoms with Crippen molar-refractivity contribution in [3.63, 3.8) is 0 Å². The molecule has 1 fully saturated rings. The minimum atomic E-state index is -1.94. The Bertz CT molecular complexity index is 510. The normalized spacial score (nSPS) is 19.4. The zero-order valence-corrected chi connectivity index (χ0v) is 14.0. The molecule has 0 heterocycles. The molecule has 2 nitrogen and oxygen atoms in total. The van der Waals surface area contributed by atoms with Crippen LogP contribution in [0.4, 0.5) is 0 Å². The van der Waals surface area contributed by atoms with Crippen molar-refractivity contribution in [1.82, 2.24) is 4.90 Å². The van der Waals surface area contributed by atoms with E-state index in [-0.39, 0.29) is 6.04 Å². The van der Waals surface area contributed by atoms with E-state index >= 15 is 0 Å². The van der Waals surface area contributed by atoms with Crippen LogP contribution in [-0.4, -0.2) is 20.6 Å². The van der Waals surface area contributed by atoms with E-state index in [1.165, 1.54) is 0 Å². The summed E-state index contributed by atoms with van der Waals surface area (Å²) < 4.78 is -1.94. The molecule has 1 aromatic rings. The summed E-state index contributed by atoms with van der Waals surface area (Å²) in [5.74, 6) is -0.482. The lowest BCUT2D eigenvalue weighted by atomic mass is 9.89. The van der Waals surface area contributed by atoms with Crippen LogP contribution in [-0.2, 0) is 11.3 Å². The highest BCUT2D eigenvalue weighted by Gasteiger charge is 2.39. The second kappa shape index (κ2) is 7.04. The summed E-state index contributed by atoms with van der Waals surface area (Å²) in [6, 6.07) is 9.67. The fraction of sp³-hybridized carbons (Fsp3) is 0.438. The van der Waals surface area contributed by atoms with Gasteiger partial charge in [-0.15, -0.1) is 0 Å². The van der Waals surface area contributed by atoms with Gasteiger partial charge in [-0.3, -0.25) is 4.79 Å². The number of nitrogens with zero attached hydrogens (tertiary/aromatic N) is 1. The van der Waals surface area contributed by atoms with Gasteiger partial charge in [0.05, 0.1) is 6.04 Å². The van der Waals surface area contributed by atoms with Gasteiger partial charge in [0.15, 0.2) is 0 Å².